The molecule has 1 saturated heterocycles. The molecule has 0 spiro atoms. The van der Waals surface area contributed by atoms with Crippen molar-refractivity contribution < 1.29 is 17.9 Å². The number of aromatic amines is 2. The van der Waals surface area contributed by atoms with Crippen LogP contribution in [0.4, 0.5) is 13.2 Å². The first-order valence-corrected chi connectivity index (χ1v) is 12.4. The zero-order chi connectivity index (χ0) is 24.9. The first kappa shape index (κ1) is 23.2. The molecular weight excluding hydrogens is 471 g/mol. The number of benzene rings is 1. The summed E-state index contributed by atoms with van der Waals surface area (Å²) in [5.41, 5.74) is 2.68. The number of aromatic nitrogens is 5. The molecule has 1 fully saturated rings. The Bertz CT molecular complexity index is 1400. The Kier molecular flexibility index (Phi) is 5.83. The van der Waals surface area contributed by atoms with Gasteiger partial charge in [0.15, 0.2) is 5.69 Å². The Balaban J connectivity index is 1.46. The van der Waals surface area contributed by atoms with Crippen molar-refractivity contribution in [2.24, 2.45) is 0 Å². The summed E-state index contributed by atoms with van der Waals surface area (Å²) in [6, 6.07) is 1.86. The van der Waals surface area contributed by atoms with Crippen molar-refractivity contribution in [1.29, 1.82) is 0 Å². The zero-order valence-electron chi connectivity index (χ0n) is 20.1. The van der Waals surface area contributed by atoms with E-state index in [0.29, 0.717) is 30.0 Å². The number of pyridine rings is 1. The summed E-state index contributed by atoms with van der Waals surface area (Å²) in [6.45, 7) is 5.24. The van der Waals surface area contributed by atoms with Crippen molar-refractivity contribution in [3.63, 3.8) is 0 Å². The van der Waals surface area contributed by atoms with Crippen LogP contribution in [0.1, 0.15) is 29.7 Å². The lowest BCUT2D eigenvalue weighted by Gasteiger charge is -2.32. The number of nitrogens with one attached hydrogen (secondary N) is 2. The van der Waals surface area contributed by atoms with Crippen LogP contribution in [0, 0.1) is 0 Å². The number of ether oxygens (including phenoxy) is 1. The fraction of sp³-hybridized carbons (Fsp3) is 0.480. The van der Waals surface area contributed by atoms with Gasteiger partial charge in [-0.3, -0.25) is 15.1 Å². The number of hydrogen-bond donors (Lipinski definition) is 2. The fourth-order valence-electron chi connectivity index (χ4n) is 5.47. The van der Waals surface area contributed by atoms with Gasteiger partial charge in [0.05, 0.1) is 23.0 Å². The summed E-state index contributed by atoms with van der Waals surface area (Å²) in [7, 11) is 2.12. The molecule has 11 heteroatoms. The van der Waals surface area contributed by atoms with Gasteiger partial charge in [0, 0.05) is 55.8 Å². The molecule has 1 aromatic carbocycles. The highest BCUT2D eigenvalue weighted by Gasteiger charge is 2.38. The highest BCUT2D eigenvalue weighted by molar-refractivity contribution is 6.10. The number of likely N-dealkylation sites (N-methyl/N-ethyl adjacent to an activating group) is 1. The van der Waals surface area contributed by atoms with E-state index in [9.17, 15) is 13.2 Å². The van der Waals surface area contributed by atoms with Gasteiger partial charge < -0.3 is 9.64 Å². The van der Waals surface area contributed by atoms with E-state index in [1.807, 2.05) is 6.07 Å². The van der Waals surface area contributed by atoms with E-state index in [0.717, 1.165) is 79.4 Å². The summed E-state index contributed by atoms with van der Waals surface area (Å²) in [5.74, 6) is 0.558. The number of aryl methyl sites for hydroxylation is 1. The molecule has 1 aliphatic carbocycles. The highest BCUT2D eigenvalue weighted by Crippen LogP contribution is 2.43. The largest absolute Gasteiger partial charge is 0.490 e. The first-order valence-electron chi connectivity index (χ1n) is 12.4. The maximum Gasteiger partial charge on any atom is 0.435 e. The average molecular weight is 500 g/mol. The van der Waals surface area contributed by atoms with Gasteiger partial charge in [-0.1, -0.05) is 0 Å². The van der Waals surface area contributed by atoms with Crippen LogP contribution in [-0.4, -0.2) is 81.6 Å². The van der Waals surface area contributed by atoms with E-state index in [-0.39, 0.29) is 5.56 Å². The highest BCUT2D eigenvalue weighted by atomic mass is 19.4. The minimum absolute atomic E-state index is 0.0155. The van der Waals surface area contributed by atoms with Crippen molar-refractivity contribution >= 4 is 21.8 Å². The Morgan fingerprint density at radius 2 is 1.86 bits per heavy atom. The van der Waals surface area contributed by atoms with Gasteiger partial charge in [-0.25, -0.2) is 4.98 Å². The third-order valence-corrected chi connectivity index (χ3v) is 7.39. The molecule has 190 valence electrons. The molecule has 1 aliphatic heterocycles. The number of nitrogens with zero attached hydrogens (tertiary/aromatic N) is 5. The van der Waals surface area contributed by atoms with Crippen LogP contribution < -0.4 is 4.74 Å². The van der Waals surface area contributed by atoms with Gasteiger partial charge in [0.2, 0.25) is 0 Å². The Hall–Kier alpha value is -3.18. The number of hydrogen-bond acceptors (Lipinski definition) is 6. The summed E-state index contributed by atoms with van der Waals surface area (Å²) in [4.78, 5) is 9.53. The first-order chi connectivity index (χ1) is 17.4. The number of alkyl halides is 3. The molecule has 4 heterocycles. The molecule has 0 saturated carbocycles. The lowest BCUT2D eigenvalue weighted by atomic mass is 9.85. The van der Waals surface area contributed by atoms with Crippen LogP contribution in [0.25, 0.3) is 33.1 Å². The third kappa shape index (κ3) is 4.09. The molecule has 0 radical (unpaired) electrons. The second kappa shape index (κ2) is 9.04. The van der Waals surface area contributed by atoms with Crippen molar-refractivity contribution in [3.8, 4) is 17.0 Å². The molecule has 0 atom stereocenters. The van der Waals surface area contributed by atoms with Crippen LogP contribution >= 0.6 is 0 Å². The van der Waals surface area contributed by atoms with Gasteiger partial charge in [-0.2, -0.15) is 23.4 Å². The molecule has 0 unspecified atom stereocenters. The second-order valence-electron chi connectivity index (χ2n) is 9.69. The zero-order valence-corrected chi connectivity index (χ0v) is 20.1. The molecule has 0 amide bonds. The van der Waals surface area contributed by atoms with Gasteiger partial charge >= 0.3 is 6.18 Å². The lowest BCUT2D eigenvalue weighted by molar-refractivity contribution is -0.140. The van der Waals surface area contributed by atoms with Crippen LogP contribution in [0.15, 0.2) is 18.5 Å². The van der Waals surface area contributed by atoms with E-state index in [4.69, 9.17) is 9.72 Å². The molecular formula is C25H28F3N7O. The molecule has 2 N–H and O–H groups in total. The molecule has 2 aliphatic rings. The predicted molar refractivity (Wildman–Crippen MR) is 130 cm³/mol. The minimum atomic E-state index is -4.58. The van der Waals surface area contributed by atoms with E-state index in [2.05, 4.69) is 37.2 Å². The normalized spacial score (nSPS) is 17.7. The summed E-state index contributed by atoms with van der Waals surface area (Å²) < 4.78 is 47.6. The van der Waals surface area contributed by atoms with Crippen LogP contribution in [0.3, 0.4) is 0 Å². The standard InChI is InChI=1S/C25H28F3N7O/c1-34-6-8-35(9-7-34)10-11-36-20-12-19-17(13-29-32-19)21-15-4-2-3-5-16(15)22(31-23(20)21)18-14-30-33-24(18)25(26,27)28/h12-14H,2-11H2,1H3,(H,29,32)(H,30,33). The maximum atomic E-state index is 13.8. The van der Waals surface area contributed by atoms with E-state index < -0.39 is 11.9 Å². The van der Waals surface area contributed by atoms with Crippen LogP contribution in [0.2, 0.25) is 0 Å². The summed E-state index contributed by atoms with van der Waals surface area (Å²) >= 11 is 0. The van der Waals surface area contributed by atoms with Crippen molar-refractivity contribution in [2.75, 3.05) is 46.4 Å². The van der Waals surface area contributed by atoms with Crippen molar-refractivity contribution in [2.45, 2.75) is 31.9 Å². The molecule has 8 nitrogen and oxygen atoms in total. The monoisotopic (exact) mass is 499 g/mol. The van der Waals surface area contributed by atoms with E-state index in [1.165, 1.54) is 6.20 Å². The summed E-state index contributed by atoms with van der Waals surface area (Å²) in [5, 5.41) is 15.0. The quantitative estimate of drug-likeness (QED) is 0.431. The van der Waals surface area contributed by atoms with E-state index in [1.54, 1.807) is 6.20 Å². The third-order valence-electron chi connectivity index (χ3n) is 7.39. The maximum absolute atomic E-state index is 13.8. The fourth-order valence-corrected chi connectivity index (χ4v) is 5.47. The Morgan fingerprint density at radius 1 is 1.08 bits per heavy atom. The van der Waals surface area contributed by atoms with Gasteiger partial charge in [0.1, 0.15) is 17.9 Å². The number of piperazine rings is 1. The lowest BCUT2D eigenvalue weighted by Crippen LogP contribution is -2.45. The molecule has 36 heavy (non-hydrogen) atoms. The number of H-pyrrole nitrogens is 2. The predicted octanol–water partition coefficient (Wildman–Crippen LogP) is 4.03. The molecule has 3 aromatic heterocycles. The van der Waals surface area contributed by atoms with Gasteiger partial charge in [-0.15, -0.1) is 0 Å². The second-order valence-corrected chi connectivity index (χ2v) is 9.69. The molecule has 4 aromatic rings. The van der Waals surface area contributed by atoms with E-state index >= 15 is 0 Å². The van der Waals surface area contributed by atoms with Crippen molar-refractivity contribution in [3.05, 3.63) is 35.3 Å². The SMILES string of the molecule is CN1CCN(CCOc2cc3[nH]ncc3c3c4c(c(-c5c[nH]nc5C(F)(F)F)nc23)CCCC4)CC1. The topological polar surface area (TPSA) is 86.0 Å². The van der Waals surface area contributed by atoms with Crippen LogP contribution in [0.5, 0.6) is 5.75 Å². The van der Waals surface area contributed by atoms with Crippen molar-refractivity contribution in [1.82, 2.24) is 35.2 Å². The minimum Gasteiger partial charge on any atom is -0.490 e. The molecule has 0 bridgehead atoms. The van der Waals surface area contributed by atoms with Crippen LogP contribution in [-0.2, 0) is 19.0 Å². The van der Waals surface area contributed by atoms with Gasteiger partial charge in [0.25, 0.3) is 0 Å². The Morgan fingerprint density at radius 3 is 2.64 bits per heavy atom. The average Bonchev–Trinajstić information content (AvgIpc) is 3.54. The summed E-state index contributed by atoms with van der Waals surface area (Å²) in [6.07, 6.45) is 1.80. The molecule has 6 rings (SSSR count). The number of fused-ring (bicyclic) bond motifs is 5. The number of rotatable bonds is 5. The smallest absolute Gasteiger partial charge is 0.435 e. The number of halogens is 3. The van der Waals surface area contributed by atoms with Gasteiger partial charge in [-0.05, 0) is 43.9 Å². The Labute approximate surface area is 205 Å².